The van der Waals surface area contributed by atoms with Crippen LogP contribution in [0.1, 0.15) is 30.5 Å². The normalized spacial score (nSPS) is 15.7. The van der Waals surface area contributed by atoms with Gasteiger partial charge in [-0.2, -0.15) is 0 Å². The molecule has 6 nitrogen and oxygen atoms in total. The van der Waals surface area contributed by atoms with Crippen molar-refractivity contribution in [2.24, 2.45) is 5.92 Å². The molecule has 29 heavy (non-hydrogen) atoms. The number of fused-ring (bicyclic) bond motifs is 2. The molecule has 0 spiro atoms. The fraction of sp³-hybridized carbons (Fsp3) is 0.609. The van der Waals surface area contributed by atoms with Crippen molar-refractivity contribution in [1.82, 2.24) is 9.88 Å². The Hall–Kier alpha value is -2.05. The molecule has 0 amide bonds. The molecule has 1 N–H and O–H groups in total. The number of anilines is 1. The number of benzene rings is 1. The van der Waals surface area contributed by atoms with Crippen LogP contribution in [0.5, 0.6) is 11.5 Å². The van der Waals surface area contributed by atoms with Crippen LogP contribution < -0.4 is 14.8 Å². The summed E-state index contributed by atoms with van der Waals surface area (Å²) < 4.78 is 17.3. The fourth-order valence-electron chi connectivity index (χ4n) is 3.87. The Morgan fingerprint density at radius 3 is 2.72 bits per heavy atom. The molecule has 2 aliphatic rings. The first-order chi connectivity index (χ1) is 14.2. The summed E-state index contributed by atoms with van der Waals surface area (Å²) in [4.78, 5) is 7.06. The topological polar surface area (TPSA) is 55.9 Å². The Morgan fingerprint density at radius 1 is 1.10 bits per heavy atom. The highest BCUT2D eigenvalue weighted by Gasteiger charge is 2.25. The van der Waals surface area contributed by atoms with E-state index in [0.717, 1.165) is 54.3 Å². The second kappa shape index (κ2) is 9.18. The van der Waals surface area contributed by atoms with Gasteiger partial charge in [0.1, 0.15) is 6.61 Å². The van der Waals surface area contributed by atoms with Crippen LogP contribution in [0.4, 0.5) is 5.69 Å². The van der Waals surface area contributed by atoms with Gasteiger partial charge in [-0.05, 0) is 63.7 Å². The first kappa shape index (κ1) is 20.2. The van der Waals surface area contributed by atoms with Gasteiger partial charge in [-0.15, -0.1) is 0 Å². The predicted molar refractivity (Wildman–Crippen MR) is 116 cm³/mol. The molecular formula is C23H33N3O3. The zero-order valence-electron chi connectivity index (χ0n) is 17.9. The minimum atomic E-state index is 0.493. The van der Waals surface area contributed by atoms with Crippen molar-refractivity contribution in [2.75, 3.05) is 59.4 Å². The molecule has 1 fully saturated rings. The maximum Gasteiger partial charge on any atom is 0.163 e. The molecule has 6 heteroatoms. The van der Waals surface area contributed by atoms with E-state index in [9.17, 15) is 0 Å². The molecule has 2 aliphatic carbocycles. The first-order valence-electron chi connectivity index (χ1n) is 10.8. The van der Waals surface area contributed by atoms with Crippen molar-refractivity contribution in [2.45, 2.75) is 32.1 Å². The highest BCUT2D eigenvalue weighted by Crippen LogP contribution is 2.40. The third-order valence-corrected chi connectivity index (χ3v) is 5.73. The third-order valence-electron chi connectivity index (χ3n) is 5.73. The summed E-state index contributed by atoms with van der Waals surface area (Å²) in [7, 11) is 5.77. The van der Waals surface area contributed by atoms with Gasteiger partial charge in [0.15, 0.2) is 11.5 Å². The van der Waals surface area contributed by atoms with Crippen molar-refractivity contribution in [1.29, 1.82) is 0 Å². The number of likely N-dealkylation sites (N-methyl/N-ethyl adjacent to an activating group) is 1. The second-order valence-electron chi connectivity index (χ2n) is 8.37. The number of aromatic nitrogens is 1. The molecule has 2 aromatic rings. The number of rotatable bonds is 11. The monoisotopic (exact) mass is 399 g/mol. The number of aryl methyl sites for hydroxylation is 1. The van der Waals surface area contributed by atoms with Crippen LogP contribution in [0.3, 0.4) is 0 Å². The van der Waals surface area contributed by atoms with E-state index in [2.05, 4.69) is 16.3 Å². The molecule has 0 radical (unpaired) electrons. The van der Waals surface area contributed by atoms with E-state index in [1.807, 2.05) is 20.2 Å². The van der Waals surface area contributed by atoms with Crippen LogP contribution in [-0.4, -0.2) is 64.0 Å². The quantitative estimate of drug-likeness (QED) is 0.584. The third kappa shape index (κ3) is 4.93. The summed E-state index contributed by atoms with van der Waals surface area (Å²) in [5.74, 6) is 2.31. The molecule has 0 bridgehead atoms. The summed E-state index contributed by atoms with van der Waals surface area (Å²) in [6.45, 7) is 3.71. The number of ether oxygens (including phenoxy) is 3. The minimum Gasteiger partial charge on any atom is -0.493 e. The number of hydrogen-bond donors (Lipinski definition) is 1. The van der Waals surface area contributed by atoms with Crippen LogP contribution >= 0.6 is 0 Å². The zero-order chi connectivity index (χ0) is 20.2. The highest BCUT2D eigenvalue weighted by atomic mass is 16.5. The van der Waals surface area contributed by atoms with E-state index in [4.69, 9.17) is 19.2 Å². The molecule has 0 atom stereocenters. The van der Waals surface area contributed by atoms with E-state index in [-0.39, 0.29) is 0 Å². The van der Waals surface area contributed by atoms with E-state index in [1.165, 1.54) is 36.2 Å². The second-order valence-corrected chi connectivity index (χ2v) is 8.37. The summed E-state index contributed by atoms with van der Waals surface area (Å²) in [6, 6.07) is 4.10. The Bertz CT molecular complexity index is 849. The standard InChI is InChI=1S/C23H33N3O3/c1-26(2)9-10-28-11-12-29-22-14-20-18(13-21(22)27-3)23(24-15-16-7-8-16)17-5-4-6-19(17)25-20/h13-14,16H,4-12,15H2,1-3H3,(H,24,25). The molecule has 0 unspecified atom stereocenters. The van der Waals surface area contributed by atoms with Gasteiger partial charge in [0.2, 0.25) is 0 Å². The summed E-state index contributed by atoms with van der Waals surface area (Å²) in [6.07, 6.45) is 6.04. The molecule has 1 aromatic carbocycles. The lowest BCUT2D eigenvalue weighted by Gasteiger charge is -2.17. The zero-order valence-corrected chi connectivity index (χ0v) is 17.9. The number of pyridine rings is 1. The average Bonchev–Trinajstić information content (AvgIpc) is 3.42. The first-order valence-corrected chi connectivity index (χ1v) is 10.8. The van der Waals surface area contributed by atoms with Gasteiger partial charge in [0, 0.05) is 35.9 Å². The van der Waals surface area contributed by atoms with Gasteiger partial charge in [0.25, 0.3) is 0 Å². The van der Waals surface area contributed by atoms with E-state index >= 15 is 0 Å². The lowest BCUT2D eigenvalue weighted by molar-refractivity contribution is 0.0881. The highest BCUT2D eigenvalue weighted by molar-refractivity contribution is 5.96. The Labute approximate surface area is 173 Å². The summed E-state index contributed by atoms with van der Waals surface area (Å²) in [5.41, 5.74) is 4.86. The molecular weight excluding hydrogens is 366 g/mol. The minimum absolute atomic E-state index is 0.493. The Balaban J connectivity index is 1.52. The molecule has 4 rings (SSSR count). The molecule has 1 aromatic heterocycles. The van der Waals surface area contributed by atoms with Crippen LogP contribution in [-0.2, 0) is 17.6 Å². The number of methoxy groups -OCH3 is 1. The average molecular weight is 400 g/mol. The van der Waals surface area contributed by atoms with Gasteiger partial charge in [0.05, 0.1) is 25.8 Å². The number of hydrogen-bond acceptors (Lipinski definition) is 6. The van der Waals surface area contributed by atoms with E-state index in [0.29, 0.717) is 19.8 Å². The molecule has 1 heterocycles. The van der Waals surface area contributed by atoms with Crippen LogP contribution in [0.2, 0.25) is 0 Å². The summed E-state index contributed by atoms with van der Waals surface area (Å²) >= 11 is 0. The van der Waals surface area contributed by atoms with E-state index in [1.54, 1.807) is 7.11 Å². The van der Waals surface area contributed by atoms with Crippen LogP contribution in [0.25, 0.3) is 10.9 Å². The SMILES string of the molecule is COc1cc2c(NCC3CC3)c3c(nc2cc1OCCOCCN(C)C)CCC3. The van der Waals surface area contributed by atoms with Crippen LogP contribution in [0, 0.1) is 5.92 Å². The molecule has 1 saturated carbocycles. The lowest BCUT2D eigenvalue weighted by atomic mass is 10.1. The largest absolute Gasteiger partial charge is 0.493 e. The maximum atomic E-state index is 5.99. The van der Waals surface area contributed by atoms with Gasteiger partial charge < -0.3 is 24.4 Å². The summed E-state index contributed by atoms with van der Waals surface area (Å²) in [5, 5.41) is 4.87. The predicted octanol–water partition coefficient (Wildman–Crippen LogP) is 3.51. The molecule has 158 valence electrons. The smallest absolute Gasteiger partial charge is 0.163 e. The van der Waals surface area contributed by atoms with Crippen molar-refractivity contribution in [3.8, 4) is 11.5 Å². The number of nitrogens with one attached hydrogen (secondary N) is 1. The Morgan fingerprint density at radius 2 is 1.97 bits per heavy atom. The van der Waals surface area contributed by atoms with Gasteiger partial charge >= 0.3 is 0 Å². The van der Waals surface area contributed by atoms with Gasteiger partial charge in [-0.1, -0.05) is 0 Å². The molecule has 0 saturated heterocycles. The van der Waals surface area contributed by atoms with Crippen molar-refractivity contribution < 1.29 is 14.2 Å². The van der Waals surface area contributed by atoms with Gasteiger partial charge in [-0.3, -0.25) is 4.98 Å². The van der Waals surface area contributed by atoms with Crippen molar-refractivity contribution in [3.63, 3.8) is 0 Å². The molecule has 0 aliphatic heterocycles. The maximum absolute atomic E-state index is 5.99. The lowest BCUT2D eigenvalue weighted by Crippen LogP contribution is -2.19. The number of nitrogens with zero attached hydrogens (tertiary/aromatic N) is 2. The Kier molecular flexibility index (Phi) is 6.40. The van der Waals surface area contributed by atoms with Crippen molar-refractivity contribution >= 4 is 16.6 Å². The van der Waals surface area contributed by atoms with E-state index < -0.39 is 0 Å². The van der Waals surface area contributed by atoms with Gasteiger partial charge in [-0.25, -0.2) is 0 Å². The van der Waals surface area contributed by atoms with Crippen molar-refractivity contribution in [3.05, 3.63) is 23.4 Å². The fourth-order valence-corrected chi connectivity index (χ4v) is 3.87. The van der Waals surface area contributed by atoms with Crippen LogP contribution in [0.15, 0.2) is 12.1 Å².